The largest absolute Gasteiger partial charge is 0.348 e. The molecule has 0 fully saturated rings. The Bertz CT molecular complexity index is 1380. The van der Waals surface area contributed by atoms with Gasteiger partial charge in [0.1, 0.15) is 5.00 Å². The third-order valence-electron chi connectivity index (χ3n) is 6.76. The summed E-state index contributed by atoms with van der Waals surface area (Å²) >= 11 is 1.68. The maximum Gasteiger partial charge on any atom is 0.254 e. The van der Waals surface area contributed by atoms with E-state index in [1.165, 1.54) is 28.1 Å². The van der Waals surface area contributed by atoms with Crippen molar-refractivity contribution in [3.63, 3.8) is 0 Å². The SMILES string of the molecule is Cc1ccc(-n2c(C)cc(C=Nc3sc4c(c3C(=O)NCc3ccccc3)CCCC4)c2C)cc1. The van der Waals surface area contributed by atoms with E-state index in [9.17, 15) is 4.79 Å². The molecule has 4 nitrogen and oxygen atoms in total. The molecule has 1 N–H and O–H groups in total. The number of fused-ring (bicyclic) bond motifs is 1. The molecular formula is C30H31N3OS. The number of hydrogen-bond acceptors (Lipinski definition) is 3. The first-order valence-corrected chi connectivity index (χ1v) is 13.1. The zero-order chi connectivity index (χ0) is 24.4. The monoisotopic (exact) mass is 481 g/mol. The molecule has 2 aromatic heterocycles. The number of rotatable bonds is 6. The number of aromatic nitrogens is 1. The van der Waals surface area contributed by atoms with E-state index in [0.717, 1.165) is 52.3 Å². The molecule has 0 saturated carbocycles. The second-order valence-corrected chi connectivity index (χ2v) is 10.4. The molecule has 0 unspecified atom stereocenters. The van der Waals surface area contributed by atoms with E-state index in [4.69, 9.17) is 4.99 Å². The van der Waals surface area contributed by atoms with Gasteiger partial charge in [-0.1, -0.05) is 48.0 Å². The van der Waals surface area contributed by atoms with Crippen LogP contribution < -0.4 is 5.32 Å². The maximum atomic E-state index is 13.3. The highest BCUT2D eigenvalue weighted by atomic mass is 32.1. The highest BCUT2D eigenvalue weighted by Gasteiger charge is 2.25. The Hall–Kier alpha value is -3.44. The Morgan fingerprint density at radius 3 is 2.54 bits per heavy atom. The smallest absolute Gasteiger partial charge is 0.254 e. The van der Waals surface area contributed by atoms with Gasteiger partial charge in [0.15, 0.2) is 0 Å². The van der Waals surface area contributed by atoms with Gasteiger partial charge in [-0.05, 0) is 75.8 Å². The molecule has 178 valence electrons. The third-order valence-corrected chi connectivity index (χ3v) is 7.96. The molecule has 0 bridgehead atoms. The Kier molecular flexibility index (Phi) is 6.69. The molecule has 0 spiro atoms. The van der Waals surface area contributed by atoms with Crippen molar-refractivity contribution in [1.82, 2.24) is 9.88 Å². The lowest BCUT2D eigenvalue weighted by atomic mass is 9.95. The highest BCUT2D eigenvalue weighted by Crippen LogP contribution is 2.40. The average Bonchev–Trinajstić information content (AvgIpc) is 3.38. The number of thiophene rings is 1. The standard InChI is InChI=1S/C30H31N3OS/c1-20-13-15-25(16-14-20)33-21(2)17-24(22(33)3)19-32-30-28(26-11-7-8-12-27(26)35-30)29(34)31-18-23-9-5-4-6-10-23/h4-6,9-10,13-17,19H,7-8,11-12,18H2,1-3H3,(H,31,34). The average molecular weight is 482 g/mol. The van der Waals surface area contributed by atoms with Crippen LogP contribution in [0.1, 0.15) is 61.7 Å². The van der Waals surface area contributed by atoms with Gasteiger partial charge >= 0.3 is 0 Å². The summed E-state index contributed by atoms with van der Waals surface area (Å²) in [5, 5.41) is 3.95. The second-order valence-electron chi connectivity index (χ2n) is 9.31. The number of carbonyl (C=O) groups excluding carboxylic acids is 1. The molecule has 1 aliphatic carbocycles. The molecule has 1 amide bonds. The van der Waals surface area contributed by atoms with E-state index in [2.05, 4.69) is 61.0 Å². The lowest BCUT2D eigenvalue weighted by molar-refractivity contribution is 0.0951. The van der Waals surface area contributed by atoms with Gasteiger partial charge in [0, 0.05) is 40.3 Å². The zero-order valence-electron chi connectivity index (χ0n) is 20.6. The summed E-state index contributed by atoms with van der Waals surface area (Å²) in [7, 11) is 0. The molecular weight excluding hydrogens is 450 g/mol. The van der Waals surface area contributed by atoms with E-state index < -0.39 is 0 Å². The number of aliphatic imine (C=N–C) groups is 1. The van der Waals surface area contributed by atoms with Gasteiger partial charge in [0.05, 0.1) is 5.56 Å². The quantitative estimate of drug-likeness (QED) is 0.295. The van der Waals surface area contributed by atoms with Crippen LogP contribution in [0.3, 0.4) is 0 Å². The lowest BCUT2D eigenvalue weighted by Gasteiger charge is -2.12. The molecule has 4 aromatic rings. The Labute approximate surface area is 211 Å². The Morgan fingerprint density at radius 2 is 1.77 bits per heavy atom. The molecule has 0 aliphatic heterocycles. The number of nitrogens with one attached hydrogen (secondary N) is 1. The summed E-state index contributed by atoms with van der Waals surface area (Å²) in [6, 6.07) is 20.8. The lowest BCUT2D eigenvalue weighted by Crippen LogP contribution is -2.24. The topological polar surface area (TPSA) is 46.4 Å². The fraction of sp³-hybridized carbons (Fsp3) is 0.267. The van der Waals surface area contributed by atoms with Crippen LogP contribution in [0.4, 0.5) is 5.00 Å². The van der Waals surface area contributed by atoms with Crippen LogP contribution in [0.25, 0.3) is 5.69 Å². The number of hydrogen-bond donors (Lipinski definition) is 1. The first kappa shape index (κ1) is 23.3. The van der Waals surface area contributed by atoms with Crippen LogP contribution in [0, 0.1) is 20.8 Å². The highest BCUT2D eigenvalue weighted by molar-refractivity contribution is 7.16. The first-order chi connectivity index (χ1) is 17.0. The molecule has 0 atom stereocenters. The zero-order valence-corrected chi connectivity index (χ0v) is 21.4. The van der Waals surface area contributed by atoms with Crippen LogP contribution in [-0.4, -0.2) is 16.7 Å². The minimum absolute atomic E-state index is 0.0227. The minimum Gasteiger partial charge on any atom is -0.348 e. The number of amides is 1. The third kappa shape index (κ3) is 4.87. The number of nitrogens with zero attached hydrogens (tertiary/aromatic N) is 2. The van der Waals surface area contributed by atoms with E-state index in [0.29, 0.717) is 6.54 Å². The van der Waals surface area contributed by atoms with Crippen LogP contribution in [0.2, 0.25) is 0 Å². The van der Waals surface area contributed by atoms with Gasteiger partial charge in [-0.2, -0.15) is 0 Å². The van der Waals surface area contributed by atoms with Crippen LogP contribution in [0.15, 0.2) is 65.7 Å². The molecule has 5 heteroatoms. The van der Waals surface area contributed by atoms with Crippen molar-refractivity contribution < 1.29 is 4.79 Å². The van der Waals surface area contributed by atoms with Crippen molar-refractivity contribution >= 4 is 28.5 Å². The summed E-state index contributed by atoms with van der Waals surface area (Å²) in [5.74, 6) is -0.0227. The first-order valence-electron chi connectivity index (χ1n) is 12.3. The number of carbonyl (C=O) groups is 1. The fourth-order valence-electron chi connectivity index (χ4n) is 4.88. The molecule has 1 aliphatic rings. The number of aryl methyl sites for hydroxylation is 3. The van der Waals surface area contributed by atoms with E-state index >= 15 is 0 Å². The van der Waals surface area contributed by atoms with Crippen molar-refractivity contribution in [2.45, 2.75) is 53.0 Å². The van der Waals surface area contributed by atoms with Crippen LogP contribution in [-0.2, 0) is 19.4 Å². The summed E-state index contributed by atoms with van der Waals surface area (Å²) in [4.78, 5) is 19.6. The summed E-state index contributed by atoms with van der Waals surface area (Å²) in [6.45, 7) is 6.87. The summed E-state index contributed by atoms with van der Waals surface area (Å²) in [5.41, 5.74) is 8.85. The molecule has 5 rings (SSSR count). The van der Waals surface area contributed by atoms with Gasteiger partial charge in [0.2, 0.25) is 0 Å². The predicted molar refractivity (Wildman–Crippen MR) is 146 cm³/mol. The Morgan fingerprint density at radius 1 is 1.03 bits per heavy atom. The van der Waals surface area contributed by atoms with Gasteiger partial charge in [-0.15, -0.1) is 11.3 Å². The molecule has 35 heavy (non-hydrogen) atoms. The summed E-state index contributed by atoms with van der Waals surface area (Å²) < 4.78 is 2.26. The Balaban J connectivity index is 1.45. The predicted octanol–water partition coefficient (Wildman–Crippen LogP) is 7.02. The van der Waals surface area contributed by atoms with Gasteiger partial charge < -0.3 is 9.88 Å². The van der Waals surface area contributed by atoms with Gasteiger partial charge in [-0.25, -0.2) is 4.99 Å². The van der Waals surface area contributed by atoms with Crippen molar-refractivity contribution in [2.24, 2.45) is 4.99 Å². The van der Waals surface area contributed by atoms with Gasteiger partial charge in [0.25, 0.3) is 5.91 Å². The summed E-state index contributed by atoms with van der Waals surface area (Å²) in [6.07, 6.45) is 6.23. The van der Waals surface area contributed by atoms with E-state index in [1.807, 2.05) is 36.5 Å². The van der Waals surface area contributed by atoms with Crippen molar-refractivity contribution in [2.75, 3.05) is 0 Å². The van der Waals surface area contributed by atoms with Crippen molar-refractivity contribution in [1.29, 1.82) is 0 Å². The van der Waals surface area contributed by atoms with Gasteiger partial charge in [-0.3, -0.25) is 4.79 Å². The molecule has 2 aromatic carbocycles. The normalized spacial score (nSPS) is 13.2. The maximum absolute atomic E-state index is 13.3. The second kappa shape index (κ2) is 10.0. The molecule has 2 heterocycles. The molecule has 0 radical (unpaired) electrons. The number of benzene rings is 2. The van der Waals surface area contributed by atoms with Crippen LogP contribution in [0.5, 0.6) is 0 Å². The fourth-order valence-corrected chi connectivity index (χ4v) is 6.11. The van der Waals surface area contributed by atoms with E-state index in [1.54, 1.807) is 11.3 Å². The van der Waals surface area contributed by atoms with Crippen LogP contribution >= 0.6 is 11.3 Å². The van der Waals surface area contributed by atoms with E-state index in [-0.39, 0.29) is 5.91 Å². The van der Waals surface area contributed by atoms with Crippen molar-refractivity contribution in [3.8, 4) is 5.69 Å². The minimum atomic E-state index is -0.0227. The van der Waals surface area contributed by atoms with Crippen molar-refractivity contribution in [3.05, 3.63) is 105 Å². The molecule has 0 saturated heterocycles.